The number of ether oxygens (including phenoxy) is 1. The molecule has 0 aliphatic carbocycles. The molecule has 0 saturated carbocycles. The van der Waals surface area contributed by atoms with Crippen LogP contribution in [0, 0.1) is 0 Å². The number of phenols is 1. The second kappa shape index (κ2) is 2.31. The Morgan fingerprint density at radius 3 is 3.09 bits per heavy atom. The molecule has 2 nitrogen and oxygen atoms in total. The average Bonchev–Trinajstić information content (AvgIpc) is 2.06. The highest BCUT2D eigenvalue weighted by molar-refractivity contribution is 5.61. The maximum Gasteiger partial charge on any atom is 0.123 e. The van der Waals surface area contributed by atoms with Crippen molar-refractivity contribution in [1.29, 1.82) is 0 Å². The van der Waals surface area contributed by atoms with E-state index >= 15 is 0 Å². The van der Waals surface area contributed by atoms with Crippen molar-refractivity contribution in [3.63, 3.8) is 0 Å². The molecule has 1 heterocycles. The minimum Gasteiger partial charge on any atom is -0.507 e. The molecule has 2 rings (SSSR count). The first-order chi connectivity index (χ1) is 5.38. The molecule has 0 aromatic heterocycles. The Morgan fingerprint density at radius 2 is 2.27 bits per heavy atom. The van der Waals surface area contributed by atoms with Gasteiger partial charge in [-0.3, -0.25) is 0 Å². The van der Waals surface area contributed by atoms with Crippen LogP contribution in [0.25, 0.3) is 6.08 Å². The van der Waals surface area contributed by atoms with E-state index < -0.39 is 0 Å². The summed E-state index contributed by atoms with van der Waals surface area (Å²) in [4.78, 5) is 0. The summed E-state index contributed by atoms with van der Waals surface area (Å²) in [5.74, 6) is 0.321. The molecule has 56 valence electrons. The summed E-state index contributed by atoms with van der Waals surface area (Å²) in [6.07, 6.45) is 3.37. The summed E-state index contributed by atoms with van der Waals surface area (Å²) >= 11 is 0. The van der Waals surface area contributed by atoms with Gasteiger partial charge in [-0.1, -0.05) is 12.1 Å². The summed E-state index contributed by atoms with van der Waals surface area (Å²) in [6, 6.07) is 5.43. The fourth-order valence-corrected chi connectivity index (χ4v) is 1.17. The van der Waals surface area contributed by atoms with E-state index in [0.29, 0.717) is 12.4 Å². The Bertz CT molecular complexity index is 302. The number of benzene rings is 1. The summed E-state index contributed by atoms with van der Waals surface area (Å²) in [5.41, 5.74) is 1.91. The molecule has 1 aliphatic heterocycles. The van der Waals surface area contributed by atoms with Crippen molar-refractivity contribution in [3.05, 3.63) is 35.6 Å². The SMILES string of the molecule is Oc1cccc2c1C=COC2. The second-order valence-corrected chi connectivity index (χ2v) is 2.46. The lowest BCUT2D eigenvalue weighted by molar-refractivity contribution is 0.233. The van der Waals surface area contributed by atoms with Crippen LogP contribution in [-0.2, 0) is 11.3 Å². The maximum absolute atomic E-state index is 9.35. The lowest BCUT2D eigenvalue weighted by Crippen LogP contribution is -1.95. The molecule has 0 saturated heterocycles. The lowest BCUT2D eigenvalue weighted by Gasteiger charge is -2.11. The Balaban J connectivity index is 2.60. The molecule has 1 aromatic carbocycles. The number of hydrogen-bond donors (Lipinski definition) is 1. The van der Waals surface area contributed by atoms with Crippen LogP contribution in [0.5, 0.6) is 5.75 Å². The van der Waals surface area contributed by atoms with Gasteiger partial charge in [0.25, 0.3) is 0 Å². The molecule has 0 amide bonds. The van der Waals surface area contributed by atoms with Crippen LogP contribution in [0.15, 0.2) is 24.5 Å². The monoisotopic (exact) mass is 148 g/mol. The van der Waals surface area contributed by atoms with Gasteiger partial charge < -0.3 is 9.84 Å². The Kier molecular flexibility index (Phi) is 1.32. The van der Waals surface area contributed by atoms with E-state index in [-0.39, 0.29) is 0 Å². The quantitative estimate of drug-likeness (QED) is 0.608. The first-order valence-electron chi connectivity index (χ1n) is 3.47. The number of fused-ring (bicyclic) bond motifs is 1. The maximum atomic E-state index is 9.35. The van der Waals surface area contributed by atoms with Crippen molar-refractivity contribution in [1.82, 2.24) is 0 Å². The minimum absolute atomic E-state index is 0.321. The highest BCUT2D eigenvalue weighted by Crippen LogP contribution is 2.25. The van der Waals surface area contributed by atoms with Gasteiger partial charge in [0.05, 0.1) is 6.26 Å². The molecule has 0 bridgehead atoms. The van der Waals surface area contributed by atoms with Crippen LogP contribution >= 0.6 is 0 Å². The summed E-state index contributed by atoms with van der Waals surface area (Å²) < 4.78 is 5.06. The van der Waals surface area contributed by atoms with Gasteiger partial charge >= 0.3 is 0 Å². The smallest absolute Gasteiger partial charge is 0.123 e. The second-order valence-electron chi connectivity index (χ2n) is 2.46. The number of phenolic OH excluding ortho intramolecular Hbond substituents is 1. The van der Waals surface area contributed by atoms with Gasteiger partial charge in [0.2, 0.25) is 0 Å². The van der Waals surface area contributed by atoms with Crippen LogP contribution in [0.4, 0.5) is 0 Å². The van der Waals surface area contributed by atoms with Crippen molar-refractivity contribution < 1.29 is 9.84 Å². The van der Waals surface area contributed by atoms with Crippen molar-refractivity contribution in [2.75, 3.05) is 0 Å². The van der Waals surface area contributed by atoms with Gasteiger partial charge in [-0.25, -0.2) is 0 Å². The minimum atomic E-state index is 0.321. The molecular formula is C9H8O2. The fraction of sp³-hybridized carbons (Fsp3) is 0.111. The van der Waals surface area contributed by atoms with E-state index in [1.807, 2.05) is 12.1 Å². The van der Waals surface area contributed by atoms with Gasteiger partial charge in [-0.15, -0.1) is 0 Å². The highest BCUT2D eigenvalue weighted by atomic mass is 16.5. The third-order valence-corrected chi connectivity index (χ3v) is 1.74. The largest absolute Gasteiger partial charge is 0.507 e. The average molecular weight is 148 g/mol. The molecule has 11 heavy (non-hydrogen) atoms. The molecular weight excluding hydrogens is 140 g/mol. The van der Waals surface area contributed by atoms with E-state index in [9.17, 15) is 5.11 Å². The molecule has 1 aromatic rings. The summed E-state index contributed by atoms with van der Waals surface area (Å²) in [6.45, 7) is 0.556. The van der Waals surface area contributed by atoms with Crippen molar-refractivity contribution >= 4 is 6.08 Å². The topological polar surface area (TPSA) is 29.5 Å². The molecule has 0 spiro atoms. The molecule has 1 aliphatic rings. The Hall–Kier alpha value is -1.44. The van der Waals surface area contributed by atoms with Gasteiger partial charge in [-0.2, -0.15) is 0 Å². The van der Waals surface area contributed by atoms with Crippen LogP contribution in [0.2, 0.25) is 0 Å². The third kappa shape index (κ3) is 0.963. The predicted octanol–water partition coefficient (Wildman–Crippen LogP) is 1.89. The predicted molar refractivity (Wildman–Crippen MR) is 41.9 cm³/mol. The van der Waals surface area contributed by atoms with Crippen LogP contribution in [0.3, 0.4) is 0 Å². The molecule has 0 unspecified atom stereocenters. The zero-order valence-electron chi connectivity index (χ0n) is 5.95. The molecule has 0 atom stereocenters. The molecule has 2 heteroatoms. The van der Waals surface area contributed by atoms with Gasteiger partial charge in [0.1, 0.15) is 12.4 Å². The number of aromatic hydroxyl groups is 1. The zero-order valence-corrected chi connectivity index (χ0v) is 5.95. The first-order valence-corrected chi connectivity index (χ1v) is 3.47. The Labute approximate surface area is 64.7 Å². The summed E-state index contributed by atoms with van der Waals surface area (Å²) in [5, 5.41) is 9.35. The standard InChI is InChI=1S/C9H8O2/c10-9-3-1-2-7-6-11-5-4-8(7)9/h1-5,10H,6H2. The lowest BCUT2D eigenvalue weighted by atomic mass is 10.1. The van der Waals surface area contributed by atoms with Crippen LogP contribution in [0.1, 0.15) is 11.1 Å². The van der Waals surface area contributed by atoms with Crippen LogP contribution < -0.4 is 0 Å². The first kappa shape index (κ1) is 6.28. The van der Waals surface area contributed by atoms with E-state index in [2.05, 4.69) is 0 Å². The van der Waals surface area contributed by atoms with E-state index in [0.717, 1.165) is 11.1 Å². The van der Waals surface area contributed by atoms with Gasteiger partial charge in [-0.05, 0) is 12.1 Å². The Morgan fingerprint density at radius 1 is 1.36 bits per heavy atom. The molecule has 1 N–H and O–H groups in total. The van der Waals surface area contributed by atoms with Crippen molar-refractivity contribution in [3.8, 4) is 5.75 Å². The fourth-order valence-electron chi connectivity index (χ4n) is 1.17. The molecule has 0 fully saturated rings. The van der Waals surface area contributed by atoms with E-state index in [1.54, 1.807) is 18.4 Å². The number of hydrogen-bond acceptors (Lipinski definition) is 2. The molecule has 0 radical (unpaired) electrons. The van der Waals surface area contributed by atoms with Crippen molar-refractivity contribution in [2.45, 2.75) is 6.61 Å². The highest BCUT2D eigenvalue weighted by Gasteiger charge is 2.07. The van der Waals surface area contributed by atoms with E-state index in [1.165, 1.54) is 0 Å². The third-order valence-electron chi connectivity index (χ3n) is 1.74. The summed E-state index contributed by atoms with van der Waals surface area (Å²) in [7, 11) is 0. The normalized spacial score (nSPS) is 13.8. The van der Waals surface area contributed by atoms with Crippen LogP contribution in [-0.4, -0.2) is 5.11 Å². The number of rotatable bonds is 0. The van der Waals surface area contributed by atoms with Gasteiger partial charge in [0.15, 0.2) is 0 Å². The van der Waals surface area contributed by atoms with Gasteiger partial charge in [0, 0.05) is 11.1 Å². The zero-order chi connectivity index (χ0) is 7.68. The van der Waals surface area contributed by atoms with Crippen molar-refractivity contribution in [2.24, 2.45) is 0 Å². The van der Waals surface area contributed by atoms with E-state index in [4.69, 9.17) is 4.74 Å².